The Balaban J connectivity index is 2.23. The molecule has 1 aromatic rings. The fraction of sp³-hybridized carbons (Fsp3) is 0.615. The smallest absolute Gasteiger partial charge is 0.129 e. The second-order valence-electron chi connectivity index (χ2n) is 4.53. The van der Waals surface area contributed by atoms with Crippen molar-refractivity contribution in [1.29, 1.82) is 0 Å². The maximum atomic E-state index is 6.13. The van der Waals surface area contributed by atoms with Crippen molar-refractivity contribution in [3.8, 4) is 0 Å². The van der Waals surface area contributed by atoms with Crippen molar-refractivity contribution < 1.29 is 0 Å². The van der Waals surface area contributed by atoms with E-state index in [0.29, 0.717) is 6.04 Å². The summed E-state index contributed by atoms with van der Waals surface area (Å²) < 4.78 is 0. The predicted octanol–water partition coefficient (Wildman–Crippen LogP) is 2.83. The third-order valence-electron chi connectivity index (χ3n) is 3.39. The zero-order chi connectivity index (χ0) is 12.3. The second-order valence-corrected chi connectivity index (χ2v) is 4.93. The number of halogens is 1. The Morgan fingerprint density at radius 3 is 3.06 bits per heavy atom. The molecule has 1 saturated heterocycles. The molecule has 17 heavy (non-hydrogen) atoms. The van der Waals surface area contributed by atoms with E-state index < -0.39 is 0 Å². The molecule has 2 rings (SSSR count). The lowest BCUT2D eigenvalue weighted by atomic mass is 10.2. The molecule has 1 unspecified atom stereocenters. The highest BCUT2D eigenvalue weighted by Crippen LogP contribution is 2.27. The van der Waals surface area contributed by atoms with Gasteiger partial charge in [0.1, 0.15) is 5.82 Å². The molecule has 0 saturated carbocycles. The number of hydrogen-bond donors (Lipinski definition) is 1. The number of rotatable bonds is 4. The molecule has 2 heterocycles. The molecule has 1 atom stereocenters. The number of anilines is 1. The van der Waals surface area contributed by atoms with E-state index in [0.717, 1.165) is 29.6 Å². The van der Waals surface area contributed by atoms with Crippen LogP contribution in [0.4, 0.5) is 5.82 Å². The third-order valence-corrected chi connectivity index (χ3v) is 3.73. The molecule has 1 fully saturated rings. The largest absolute Gasteiger partial charge is 0.354 e. The quantitative estimate of drug-likeness (QED) is 0.895. The van der Waals surface area contributed by atoms with Crippen molar-refractivity contribution in [3.63, 3.8) is 0 Å². The van der Waals surface area contributed by atoms with Gasteiger partial charge in [-0.1, -0.05) is 18.5 Å². The number of nitrogens with zero attached hydrogens (tertiary/aromatic N) is 2. The van der Waals surface area contributed by atoms with Crippen LogP contribution in [0.1, 0.15) is 31.9 Å². The van der Waals surface area contributed by atoms with Gasteiger partial charge in [-0.25, -0.2) is 4.98 Å². The summed E-state index contributed by atoms with van der Waals surface area (Å²) in [6.45, 7) is 4.08. The highest BCUT2D eigenvalue weighted by molar-refractivity contribution is 6.31. The van der Waals surface area contributed by atoms with Crippen LogP contribution in [0.15, 0.2) is 12.1 Å². The Hall–Kier alpha value is -0.800. The lowest BCUT2D eigenvalue weighted by Crippen LogP contribution is -2.29. The minimum absolute atomic E-state index is 0.645. The van der Waals surface area contributed by atoms with Gasteiger partial charge in [0.2, 0.25) is 0 Å². The summed E-state index contributed by atoms with van der Waals surface area (Å²) in [4.78, 5) is 7.09. The molecular formula is C13H20ClN3. The maximum absolute atomic E-state index is 6.13. The number of nitrogens with one attached hydrogen (secondary N) is 1. The van der Waals surface area contributed by atoms with Crippen molar-refractivity contribution >= 4 is 17.4 Å². The second kappa shape index (κ2) is 5.69. The van der Waals surface area contributed by atoms with Gasteiger partial charge in [0.25, 0.3) is 0 Å². The van der Waals surface area contributed by atoms with Gasteiger partial charge in [-0.05, 0) is 38.4 Å². The van der Waals surface area contributed by atoms with E-state index in [9.17, 15) is 0 Å². The van der Waals surface area contributed by atoms with Gasteiger partial charge in [-0.2, -0.15) is 0 Å². The molecule has 94 valence electrons. The highest BCUT2D eigenvalue weighted by atomic mass is 35.5. The van der Waals surface area contributed by atoms with Crippen molar-refractivity contribution in [2.75, 3.05) is 18.5 Å². The average molecular weight is 254 g/mol. The van der Waals surface area contributed by atoms with Crippen molar-refractivity contribution in [2.45, 2.75) is 38.8 Å². The van der Waals surface area contributed by atoms with Gasteiger partial charge in [-0.3, -0.25) is 0 Å². The van der Waals surface area contributed by atoms with Gasteiger partial charge in [0.05, 0.1) is 10.7 Å². The topological polar surface area (TPSA) is 28.2 Å². The normalized spacial score (nSPS) is 19.9. The zero-order valence-electron chi connectivity index (χ0n) is 10.5. The van der Waals surface area contributed by atoms with E-state index >= 15 is 0 Å². The molecule has 0 aliphatic carbocycles. The molecule has 1 aliphatic heterocycles. The third kappa shape index (κ3) is 2.72. The molecule has 0 bridgehead atoms. The first kappa shape index (κ1) is 12.7. The summed E-state index contributed by atoms with van der Waals surface area (Å²) in [5.41, 5.74) is 0.938. The summed E-state index contributed by atoms with van der Waals surface area (Å²) in [6, 6.07) is 4.64. The van der Waals surface area contributed by atoms with Crippen LogP contribution in [0, 0.1) is 0 Å². The molecule has 1 N–H and O–H groups in total. The van der Waals surface area contributed by atoms with E-state index in [1.807, 2.05) is 19.2 Å². The van der Waals surface area contributed by atoms with Crippen LogP contribution < -0.4 is 10.2 Å². The molecule has 0 aromatic carbocycles. The summed E-state index contributed by atoms with van der Waals surface area (Å²) in [5.74, 6) is 1.07. The van der Waals surface area contributed by atoms with Crippen LogP contribution in [0.5, 0.6) is 0 Å². The summed E-state index contributed by atoms with van der Waals surface area (Å²) in [6.07, 6.45) is 3.73. The molecule has 1 aliphatic rings. The minimum Gasteiger partial charge on any atom is -0.354 e. The average Bonchev–Trinajstić information content (AvgIpc) is 2.80. The Bertz CT molecular complexity index is 381. The highest BCUT2D eigenvalue weighted by Gasteiger charge is 2.24. The van der Waals surface area contributed by atoms with E-state index in [1.165, 1.54) is 19.3 Å². The molecule has 4 heteroatoms. The lowest BCUT2D eigenvalue weighted by Gasteiger charge is -2.25. The molecule has 3 nitrogen and oxygen atoms in total. The van der Waals surface area contributed by atoms with Crippen LogP contribution in [0.25, 0.3) is 0 Å². The maximum Gasteiger partial charge on any atom is 0.129 e. The molecule has 1 aromatic heterocycles. The summed E-state index contributed by atoms with van der Waals surface area (Å²) >= 11 is 6.13. The molecule has 0 amide bonds. The monoisotopic (exact) mass is 253 g/mol. The Morgan fingerprint density at radius 2 is 2.35 bits per heavy atom. The van der Waals surface area contributed by atoms with Gasteiger partial charge in [-0.15, -0.1) is 0 Å². The van der Waals surface area contributed by atoms with Crippen molar-refractivity contribution in [3.05, 3.63) is 22.8 Å². The number of aromatic nitrogens is 1. The number of pyridine rings is 1. The first-order chi connectivity index (χ1) is 8.26. The van der Waals surface area contributed by atoms with Crippen LogP contribution in [0.3, 0.4) is 0 Å². The first-order valence-electron chi connectivity index (χ1n) is 6.33. The minimum atomic E-state index is 0.645. The molecule has 0 spiro atoms. The zero-order valence-corrected chi connectivity index (χ0v) is 11.3. The van der Waals surface area contributed by atoms with E-state index in [2.05, 4.69) is 22.1 Å². The fourth-order valence-electron chi connectivity index (χ4n) is 2.49. The standard InChI is InChI=1S/C13H20ClN3/c1-3-10-5-4-8-17(10)13-7-6-11(14)12(16-13)9-15-2/h6-7,10,15H,3-5,8-9H2,1-2H3. The Kier molecular flexibility index (Phi) is 4.24. The Labute approximate surface area is 108 Å². The van der Waals surface area contributed by atoms with Crippen LogP contribution >= 0.6 is 11.6 Å². The van der Waals surface area contributed by atoms with Crippen molar-refractivity contribution in [1.82, 2.24) is 10.3 Å². The Morgan fingerprint density at radius 1 is 1.53 bits per heavy atom. The summed E-state index contributed by atoms with van der Waals surface area (Å²) in [7, 11) is 1.91. The number of hydrogen-bond acceptors (Lipinski definition) is 3. The van der Waals surface area contributed by atoms with Crippen molar-refractivity contribution in [2.24, 2.45) is 0 Å². The van der Waals surface area contributed by atoms with Gasteiger partial charge in [0.15, 0.2) is 0 Å². The van der Waals surface area contributed by atoms with Crippen LogP contribution in [0.2, 0.25) is 5.02 Å². The van der Waals surface area contributed by atoms with Gasteiger partial charge >= 0.3 is 0 Å². The first-order valence-corrected chi connectivity index (χ1v) is 6.70. The fourth-order valence-corrected chi connectivity index (χ4v) is 2.66. The van der Waals surface area contributed by atoms with E-state index in [1.54, 1.807) is 0 Å². The SMILES string of the molecule is CCC1CCCN1c1ccc(Cl)c(CNC)n1. The van der Waals surface area contributed by atoms with Crippen LogP contribution in [-0.4, -0.2) is 24.6 Å². The van der Waals surface area contributed by atoms with Crippen LogP contribution in [-0.2, 0) is 6.54 Å². The van der Waals surface area contributed by atoms with Gasteiger partial charge < -0.3 is 10.2 Å². The molecule has 0 radical (unpaired) electrons. The van der Waals surface area contributed by atoms with E-state index in [4.69, 9.17) is 11.6 Å². The predicted molar refractivity (Wildman–Crippen MR) is 72.7 cm³/mol. The van der Waals surface area contributed by atoms with E-state index in [-0.39, 0.29) is 0 Å². The lowest BCUT2D eigenvalue weighted by molar-refractivity contribution is 0.638. The van der Waals surface area contributed by atoms with Gasteiger partial charge in [0, 0.05) is 19.1 Å². The molecular weight excluding hydrogens is 234 g/mol. The summed E-state index contributed by atoms with van der Waals surface area (Å²) in [5, 5.41) is 3.85.